The average Bonchev–Trinajstić information content (AvgIpc) is 2.81. The molecule has 0 amide bonds. The van der Waals surface area contributed by atoms with E-state index in [0.29, 0.717) is 12.2 Å². The Balaban J connectivity index is 1.61. The lowest BCUT2D eigenvalue weighted by Gasteiger charge is -2.39. The number of unbranched alkanes of at least 4 members (excludes halogenated alkanes) is 6. The standard InChI is InChI=1S/C19H30O2/c1-2-3-4-5-6-7-8-10-16(20)12-14-19-13-9-11-17(19)18(21)15-19/h16-17,20H,2-11,13,15H2,1H3. The van der Waals surface area contributed by atoms with Crippen LogP contribution in [0.25, 0.3) is 0 Å². The SMILES string of the molecule is CCCCCCCCCC(O)C#CC12CCCC1C(=O)C2. The number of carbonyl (C=O) groups is 1. The molecule has 2 heteroatoms. The molecule has 21 heavy (non-hydrogen) atoms. The number of aliphatic hydroxyl groups excluding tert-OH is 1. The van der Waals surface area contributed by atoms with E-state index >= 15 is 0 Å². The summed E-state index contributed by atoms with van der Waals surface area (Å²) in [7, 11) is 0. The van der Waals surface area contributed by atoms with Crippen molar-refractivity contribution in [3.8, 4) is 11.8 Å². The second-order valence-corrected chi connectivity index (χ2v) is 6.94. The van der Waals surface area contributed by atoms with Crippen LogP contribution in [0.3, 0.4) is 0 Å². The Labute approximate surface area is 129 Å². The van der Waals surface area contributed by atoms with Crippen LogP contribution in [0, 0.1) is 23.2 Å². The smallest absolute Gasteiger partial charge is 0.139 e. The number of Topliss-reactive ketones (excluding diaryl/α,β-unsaturated/α-hetero) is 1. The molecule has 2 fully saturated rings. The monoisotopic (exact) mass is 290 g/mol. The topological polar surface area (TPSA) is 37.3 Å². The highest BCUT2D eigenvalue weighted by molar-refractivity contribution is 5.90. The van der Waals surface area contributed by atoms with E-state index in [9.17, 15) is 9.90 Å². The zero-order chi connectivity index (χ0) is 15.1. The molecule has 0 aromatic rings. The maximum absolute atomic E-state index is 11.6. The summed E-state index contributed by atoms with van der Waals surface area (Å²) in [6, 6.07) is 0. The molecule has 0 aromatic carbocycles. The molecule has 0 aromatic heterocycles. The summed E-state index contributed by atoms with van der Waals surface area (Å²) in [5.41, 5.74) is -0.0434. The van der Waals surface area contributed by atoms with Gasteiger partial charge in [-0.25, -0.2) is 0 Å². The molecule has 2 saturated carbocycles. The van der Waals surface area contributed by atoms with E-state index in [2.05, 4.69) is 18.8 Å². The van der Waals surface area contributed by atoms with Crippen LogP contribution in [0.1, 0.15) is 84.0 Å². The minimum Gasteiger partial charge on any atom is -0.380 e. The van der Waals surface area contributed by atoms with Gasteiger partial charge in [-0.1, -0.05) is 63.7 Å². The zero-order valence-corrected chi connectivity index (χ0v) is 13.5. The van der Waals surface area contributed by atoms with Crippen LogP contribution in [0.2, 0.25) is 0 Å². The number of carbonyl (C=O) groups excluding carboxylic acids is 1. The minimum absolute atomic E-state index is 0.0434. The summed E-state index contributed by atoms with van der Waals surface area (Å²) in [4.78, 5) is 11.6. The van der Waals surface area contributed by atoms with Crippen molar-refractivity contribution in [2.24, 2.45) is 11.3 Å². The highest BCUT2D eigenvalue weighted by Gasteiger charge is 2.55. The highest BCUT2D eigenvalue weighted by Crippen LogP contribution is 2.54. The summed E-state index contributed by atoms with van der Waals surface area (Å²) in [6.07, 6.45) is 13.0. The van der Waals surface area contributed by atoms with Gasteiger partial charge in [0, 0.05) is 17.8 Å². The van der Waals surface area contributed by atoms with Gasteiger partial charge >= 0.3 is 0 Å². The first-order valence-electron chi connectivity index (χ1n) is 8.91. The fraction of sp³-hybridized carbons (Fsp3) is 0.842. The molecular formula is C19H30O2. The molecule has 2 rings (SSSR count). The third-order valence-corrected chi connectivity index (χ3v) is 5.23. The minimum atomic E-state index is -0.494. The van der Waals surface area contributed by atoms with Gasteiger partial charge in [-0.05, 0) is 25.7 Å². The number of hydrogen-bond donors (Lipinski definition) is 1. The van der Waals surface area contributed by atoms with Crippen molar-refractivity contribution in [2.45, 2.75) is 90.1 Å². The van der Waals surface area contributed by atoms with Crippen molar-refractivity contribution in [3.63, 3.8) is 0 Å². The van der Waals surface area contributed by atoms with E-state index in [4.69, 9.17) is 0 Å². The third kappa shape index (κ3) is 4.33. The molecular weight excluding hydrogens is 260 g/mol. The number of fused-ring (bicyclic) bond motifs is 1. The van der Waals surface area contributed by atoms with Crippen molar-refractivity contribution in [1.82, 2.24) is 0 Å². The molecule has 0 spiro atoms. The Morgan fingerprint density at radius 2 is 1.95 bits per heavy atom. The average molecular weight is 290 g/mol. The van der Waals surface area contributed by atoms with Gasteiger partial charge < -0.3 is 5.11 Å². The van der Waals surface area contributed by atoms with Gasteiger partial charge in [0.2, 0.25) is 0 Å². The van der Waals surface area contributed by atoms with Crippen molar-refractivity contribution < 1.29 is 9.90 Å². The summed E-state index contributed by atoms with van der Waals surface area (Å²) in [6.45, 7) is 2.24. The van der Waals surface area contributed by atoms with E-state index in [1.807, 2.05) is 0 Å². The number of aliphatic hydroxyl groups is 1. The molecule has 0 heterocycles. The van der Waals surface area contributed by atoms with E-state index in [1.165, 1.54) is 38.5 Å². The van der Waals surface area contributed by atoms with Crippen molar-refractivity contribution in [3.05, 3.63) is 0 Å². The quantitative estimate of drug-likeness (QED) is 0.536. The first-order valence-corrected chi connectivity index (χ1v) is 8.91. The van der Waals surface area contributed by atoms with E-state index in [-0.39, 0.29) is 11.3 Å². The molecule has 0 bridgehead atoms. The Morgan fingerprint density at radius 3 is 2.67 bits per heavy atom. The van der Waals surface area contributed by atoms with Crippen LogP contribution >= 0.6 is 0 Å². The molecule has 3 unspecified atom stereocenters. The first-order chi connectivity index (χ1) is 10.2. The number of hydrogen-bond acceptors (Lipinski definition) is 2. The van der Waals surface area contributed by atoms with E-state index in [1.54, 1.807) is 0 Å². The van der Waals surface area contributed by atoms with Crippen LogP contribution in [0.15, 0.2) is 0 Å². The Bertz CT molecular complexity index is 404. The third-order valence-electron chi connectivity index (χ3n) is 5.23. The lowest BCUT2D eigenvalue weighted by molar-refractivity contribution is -0.136. The number of ketones is 1. The van der Waals surface area contributed by atoms with E-state index < -0.39 is 6.10 Å². The molecule has 118 valence electrons. The van der Waals surface area contributed by atoms with Gasteiger partial charge in [0.05, 0.1) is 0 Å². The van der Waals surface area contributed by atoms with Gasteiger partial charge in [0.15, 0.2) is 0 Å². The van der Waals surface area contributed by atoms with Gasteiger partial charge in [0.1, 0.15) is 11.9 Å². The molecule has 1 N–H and O–H groups in total. The van der Waals surface area contributed by atoms with Gasteiger partial charge in [0.25, 0.3) is 0 Å². The largest absolute Gasteiger partial charge is 0.380 e. The van der Waals surface area contributed by atoms with E-state index in [0.717, 1.165) is 32.1 Å². The molecule has 2 aliphatic rings. The molecule has 0 saturated heterocycles. The highest BCUT2D eigenvalue weighted by atomic mass is 16.3. The maximum Gasteiger partial charge on any atom is 0.139 e. The lowest BCUT2D eigenvalue weighted by Crippen LogP contribution is -2.43. The number of rotatable bonds is 8. The van der Waals surface area contributed by atoms with Crippen LogP contribution in [0.4, 0.5) is 0 Å². The Hall–Kier alpha value is -0.810. The Kier molecular flexibility index (Phi) is 6.30. The predicted octanol–water partition coefficient (Wildman–Crippen LogP) is 4.25. The second kappa shape index (κ2) is 7.99. The van der Waals surface area contributed by atoms with Crippen LogP contribution in [0.5, 0.6) is 0 Å². The van der Waals surface area contributed by atoms with Gasteiger partial charge in [-0.2, -0.15) is 0 Å². The summed E-state index contributed by atoms with van der Waals surface area (Å²) in [5.74, 6) is 6.89. The molecule has 3 atom stereocenters. The summed E-state index contributed by atoms with van der Waals surface area (Å²) < 4.78 is 0. The second-order valence-electron chi connectivity index (χ2n) is 6.94. The summed E-state index contributed by atoms with van der Waals surface area (Å²) >= 11 is 0. The normalized spacial score (nSPS) is 28.5. The fourth-order valence-electron chi connectivity index (χ4n) is 3.84. The van der Waals surface area contributed by atoms with Crippen molar-refractivity contribution in [1.29, 1.82) is 0 Å². The lowest BCUT2D eigenvalue weighted by atomic mass is 9.61. The Morgan fingerprint density at radius 1 is 1.24 bits per heavy atom. The molecule has 0 radical (unpaired) electrons. The van der Waals surface area contributed by atoms with Gasteiger partial charge in [-0.15, -0.1) is 0 Å². The molecule has 2 nitrogen and oxygen atoms in total. The van der Waals surface area contributed by atoms with Crippen molar-refractivity contribution >= 4 is 5.78 Å². The zero-order valence-electron chi connectivity index (χ0n) is 13.5. The predicted molar refractivity (Wildman–Crippen MR) is 85.8 cm³/mol. The van der Waals surface area contributed by atoms with Crippen LogP contribution in [-0.2, 0) is 4.79 Å². The van der Waals surface area contributed by atoms with Crippen molar-refractivity contribution in [2.75, 3.05) is 0 Å². The fourth-order valence-corrected chi connectivity index (χ4v) is 3.84. The maximum atomic E-state index is 11.6. The first kappa shape index (κ1) is 16.6. The molecule has 2 aliphatic carbocycles. The summed E-state index contributed by atoms with van der Waals surface area (Å²) in [5, 5.41) is 9.98. The van der Waals surface area contributed by atoms with Crippen LogP contribution < -0.4 is 0 Å². The molecule has 0 aliphatic heterocycles. The van der Waals surface area contributed by atoms with Gasteiger partial charge in [-0.3, -0.25) is 4.79 Å². The van der Waals surface area contributed by atoms with Crippen LogP contribution in [-0.4, -0.2) is 17.0 Å².